The molecule has 1 saturated heterocycles. The van der Waals surface area contributed by atoms with Gasteiger partial charge in [-0.1, -0.05) is 0 Å². The fourth-order valence-corrected chi connectivity index (χ4v) is 4.21. The van der Waals surface area contributed by atoms with Gasteiger partial charge >= 0.3 is 0 Å². The lowest BCUT2D eigenvalue weighted by Gasteiger charge is -2.31. The highest BCUT2D eigenvalue weighted by Gasteiger charge is 2.26. The van der Waals surface area contributed by atoms with Crippen LogP contribution in [0.25, 0.3) is 0 Å². The number of nitrogens with zero attached hydrogens (tertiary/aromatic N) is 2. The Morgan fingerprint density at radius 3 is 3.15 bits per heavy atom. The average Bonchev–Trinajstić information content (AvgIpc) is 3.10. The Bertz CT molecular complexity index is 576. The summed E-state index contributed by atoms with van der Waals surface area (Å²) in [5, 5.41) is 5.28. The molecule has 1 amide bonds. The Labute approximate surface area is 127 Å². The van der Waals surface area contributed by atoms with Gasteiger partial charge in [-0.15, -0.1) is 11.3 Å². The maximum Gasteiger partial charge on any atom is 0.227 e. The highest BCUT2D eigenvalue weighted by molar-refractivity contribution is 7.11. The SMILES string of the molecule is Cc1cnc(C2CCCN(C(=O)Cc3ccsc3)C2)s1. The lowest BCUT2D eigenvalue weighted by atomic mass is 9.98. The van der Waals surface area contributed by atoms with Gasteiger partial charge in [0.2, 0.25) is 5.91 Å². The Hall–Kier alpha value is -1.20. The first-order chi connectivity index (χ1) is 9.72. The van der Waals surface area contributed by atoms with E-state index in [4.69, 9.17) is 0 Å². The third-order valence-corrected chi connectivity index (χ3v) is 5.51. The smallest absolute Gasteiger partial charge is 0.227 e. The number of amides is 1. The normalized spacial score (nSPS) is 19.2. The fraction of sp³-hybridized carbons (Fsp3) is 0.467. The maximum absolute atomic E-state index is 12.4. The summed E-state index contributed by atoms with van der Waals surface area (Å²) in [7, 11) is 0. The molecular weight excluding hydrogens is 288 g/mol. The van der Waals surface area contributed by atoms with Gasteiger partial charge in [0.05, 0.1) is 11.4 Å². The first-order valence-electron chi connectivity index (χ1n) is 6.93. The highest BCUT2D eigenvalue weighted by atomic mass is 32.1. The molecular formula is C15H18N2OS2. The number of likely N-dealkylation sites (tertiary alicyclic amines) is 1. The van der Waals surface area contributed by atoms with E-state index in [-0.39, 0.29) is 5.91 Å². The second-order valence-corrected chi connectivity index (χ2v) is 7.34. The Kier molecular flexibility index (Phi) is 4.17. The number of aromatic nitrogens is 1. The van der Waals surface area contributed by atoms with E-state index in [0.717, 1.165) is 31.5 Å². The second kappa shape index (κ2) is 6.06. The summed E-state index contributed by atoms with van der Waals surface area (Å²) in [5.41, 5.74) is 1.13. The van der Waals surface area contributed by atoms with Gasteiger partial charge in [0, 0.05) is 30.1 Å². The number of thiazole rings is 1. The lowest BCUT2D eigenvalue weighted by Crippen LogP contribution is -2.39. The third kappa shape index (κ3) is 3.10. The van der Waals surface area contributed by atoms with Gasteiger partial charge in [0.1, 0.15) is 0 Å². The molecule has 3 heterocycles. The molecule has 0 aliphatic carbocycles. The first-order valence-corrected chi connectivity index (χ1v) is 8.69. The van der Waals surface area contributed by atoms with Crippen molar-refractivity contribution in [3.05, 3.63) is 38.5 Å². The van der Waals surface area contributed by atoms with Gasteiger partial charge in [-0.2, -0.15) is 11.3 Å². The maximum atomic E-state index is 12.4. The molecule has 106 valence electrons. The summed E-state index contributed by atoms with van der Waals surface area (Å²) in [5.74, 6) is 0.676. The van der Waals surface area contributed by atoms with Gasteiger partial charge in [0.15, 0.2) is 0 Å². The van der Waals surface area contributed by atoms with Crippen molar-refractivity contribution in [1.29, 1.82) is 0 Å². The molecule has 0 N–H and O–H groups in total. The number of carbonyl (C=O) groups excluding carboxylic acids is 1. The molecule has 3 nitrogen and oxygen atoms in total. The Morgan fingerprint density at radius 2 is 2.45 bits per heavy atom. The monoisotopic (exact) mass is 306 g/mol. The average molecular weight is 306 g/mol. The number of piperidine rings is 1. The molecule has 2 aromatic heterocycles. The minimum absolute atomic E-state index is 0.251. The number of carbonyl (C=O) groups is 1. The zero-order valence-electron chi connectivity index (χ0n) is 11.5. The van der Waals surface area contributed by atoms with Crippen LogP contribution in [0.5, 0.6) is 0 Å². The van der Waals surface area contributed by atoms with Crippen molar-refractivity contribution in [3.8, 4) is 0 Å². The van der Waals surface area contributed by atoms with Crippen LogP contribution in [0.3, 0.4) is 0 Å². The van der Waals surface area contributed by atoms with Crippen molar-refractivity contribution >= 4 is 28.6 Å². The van der Waals surface area contributed by atoms with E-state index in [0.29, 0.717) is 12.3 Å². The quantitative estimate of drug-likeness (QED) is 0.870. The van der Waals surface area contributed by atoms with E-state index in [1.807, 2.05) is 22.5 Å². The zero-order valence-corrected chi connectivity index (χ0v) is 13.2. The van der Waals surface area contributed by atoms with Gasteiger partial charge in [0.25, 0.3) is 0 Å². The molecule has 0 radical (unpaired) electrons. The predicted octanol–water partition coefficient (Wildman–Crippen LogP) is 3.46. The summed E-state index contributed by atoms with van der Waals surface area (Å²) in [6.07, 6.45) is 4.70. The Balaban J connectivity index is 1.64. The highest BCUT2D eigenvalue weighted by Crippen LogP contribution is 2.30. The van der Waals surface area contributed by atoms with Crippen LogP contribution in [0, 0.1) is 6.92 Å². The largest absolute Gasteiger partial charge is 0.342 e. The van der Waals surface area contributed by atoms with Crippen molar-refractivity contribution in [2.45, 2.75) is 32.1 Å². The molecule has 0 spiro atoms. The van der Waals surface area contributed by atoms with Crippen LogP contribution in [0.2, 0.25) is 0 Å². The first kappa shape index (κ1) is 13.8. The fourth-order valence-electron chi connectivity index (χ4n) is 2.65. The van der Waals surface area contributed by atoms with E-state index in [1.165, 1.54) is 9.88 Å². The van der Waals surface area contributed by atoms with Gasteiger partial charge < -0.3 is 4.90 Å². The lowest BCUT2D eigenvalue weighted by molar-refractivity contribution is -0.131. The third-order valence-electron chi connectivity index (χ3n) is 3.70. The number of hydrogen-bond acceptors (Lipinski definition) is 4. The van der Waals surface area contributed by atoms with Crippen LogP contribution in [0.4, 0.5) is 0 Å². The van der Waals surface area contributed by atoms with Crippen molar-refractivity contribution in [2.75, 3.05) is 13.1 Å². The van der Waals surface area contributed by atoms with Gasteiger partial charge in [-0.25, -0.2) is 4.98 Å². The molecule has 2 aromatic rings. The molecule has 0 aromatic carbocycles. The summed E-state index contributed by atoms with van der Waals surface area (Å²) < 4.78 is 0. The standard InChI is InChI=1S/C15H18N2OS2/c1-11-8-16-15(20-11)13-3-2-5-17(9-13)14(18)7-12-4-6-19-10-12/h4,6,8,10,13H,2-3,5,7,9H2,1H3. The topological polar surface area (TPSA) is 33.2 Å². The van der Waals surface area contributed by atoms with E-state index in [1.54, 1.807) is 22.7 Å². The summed E-state index contributed by atoms with van der Waals surface area (Å²) >= 11 is 3.42. The second-order valence-electron chi connectivity index (χ2n) is 5.30. The predicted molar refractivity (Wildman–Crippen MR) is 83.4 cm³/mol. The van der Waals surface area contributed by atoms with E-state index < -0.39 is 0 Å². The minimum atomic E-state index is 0.251. The van der Waals surface area contributed by atoms with Crippen LogP contribution in [-0.4, -0.2) is 28.9 Å². The van der Waals surface area contributed by atoms with Gasteiger partial charge in [-0.3, -0.25) is 4.79 Å². The molecule has 1 aliphatic heterocycles. The number of aryl methyl sites for hydroxylation is 1. The molecule has 1 aliphatic rings. The number of rotatable bonds is 3. The molecule has 3 rings (SSSR count). The molecule has 20 heavy (non-hydrogen) atoms. The van der Waals surface area contributed by atoms with Crippen molar-refractivity contribution in [1.82, 2.24) is 9.88 Å². The van der Waals surface area contributed by atoms with E-state index in [2.05, 4.69) is 17.3 Å². The van der Waals surface area contributed by atoms with Crippen LogP contribution < -0.4 is 0 Å². The van der Waals surface area contributed by atoms with Crippen molar-refractivity contribution < 1.29 is 4.79 Å². The van der Waals surface area contributed by atoms with Crippen LogP contribution in [0.1, 0.15) is 34.2 Å². The van der Waals surface area contributed by atoms with Crippen molar-refractivity contribution in [3.63, 3.8) is 0 Å². The van der Waals surface area contributed by atoms with Crippen molar-refractivity contribution in [2.24, 2.45) is 0 Å². The molecule has 5 heteroatoms. The van der Waals surface area contributed by atoms with E-state index >= 15 is 0 Å². The molecule has 0 bridgehead atoms. The number of thiophene rings is 1. The molecule has 1 fully saturated rings. The van der Waals surface area contributed by atoms with Gasteiger partial charge in [-0.05, 0) is 42.2 Å². The summed E-state index contributed by atoms with van der Waals surface area (Å²) in [6, 6.07) is 2.04. The molecule has 0 saturated carbocycles. The molecule has 1 atom stereocenters. The zero-order chi connectivity index (χ0) is 13.9. The molecule has 1 unspecified atom stereocenters. The van der Waals surface area contributed by atoms with E-state index in [9.17, 15) is 4.79 Å². The van der Waals surface area contributed by atoms with Crippen LogP contribution >= 0.6 is 22.7 Å². The summed E-state index contributed by atoms with van der Waals surface area (Å²) in [6.45, 7) is 3.81. The van der Waals surface area contributed by atoms with Crippen LogP contribution in [0.15, 0.2) is 23.0 Å². The minimum Gasteiger partial charge on any atom is -0.342 e. The number of hydrogen-bond donors (Lipinski definition) is 0. The van der Waals surface area contributed by atoms with Crippen LogP contribution in [-0.2, 0) is 11.2 Å². The summed E-state index contributed by atoms with van der Waals surface area (Å²) in [4.78, 5) is 20.1. The Morgan fingerprint density at radius 1 is 1.55 bits per heavy atom.